The van der Waals surface area contributed by atoms with Crippen LogP contribution in [0.1, 0.15) is 28.5 Å². The maximum atomic E-state index is 11.3. The Morgan fingerprint density at radius 2 is 1.88 bits per heavy atom. The van der Waals surface area contributed by atoms with Crippen molar-refractivity contribution in [1.82, 2.24) is 4.57 Å². The molecule has 0 spiro atoms. The molecular formula is C14H14ClNO. The van der Waals surface area contributed by atoms with E-state index in [0.29, 0.717) is 0 Å². The second-order valence-corrected chi connectivity index (χ2v) is 4.56. The molecule has 0 fully saturated rings. The number of carbonyl (C=O) groups is 1. The zero-order chi connectivity index (χ0) is 12.4. The van der Waals surface area contributed by atoms with Crippen LogP contribution in [-0.2, 0) is 6.54 Å². The van der Waals surface area contributed by atoms with Gasteiger partial charge in [-0.15, -0.1) is 0 Å². The zero-order valence-corrected chi connectivity index (χ0v) is 10.7. The van der Waals surface area contributed by atoms with Gasteiger partial charge in [0.25, 0.3) is 0 Å². The number of rotatable bonds is 3. The highest BCUT2D eigenvalue weighted by molar-refractivity contribution is 6.30. The van der Waals surface area contributed by atoms with E-state index in [-0.39, 0.29) is 5.78 Å². The summed E-state index contributed by atoms with van der Waals surface area (Å²) in [7, 11) is 0. The van der Waals surface area contributed by atoms with Gasteiger partial charge in [0.2, 0.25) is 0 Å². The fraction of sp³-hybridized carbons (Fsp3) is 0.214. The lowest BCUT2D eigenvalue weighted by molar-refractivity contribution is 0.101. The summed E-state index contributed by atoms with van der Waals surface area (Å²) in [6.07, 6.45) is 1.95. The highest BCUT2D eigenvalue weighted by atomic mass is 35.5. The van der Waals surface area contributed by atoms with Crippen LogP contribution in [0.3, 0.4) is 0 Å². The predicted molar refractivity (Wildman–Crippen MR) is 69.7 cm³/mol. The van der Waals surface area contributed by atoms with Crippen LogP contribution in [0.5, 0.6) is 0 Å². The molecule has 0 saturated carbocycles. The van der Waals surface area contributed by atoms with Gasteiger partial charge in [0.05, 0.1) is 0 Å². The summed E-state index contributed by atoms with van der Waals surface area (Å²) in [6.45, 7) is 4.32. The number of nitrogens with zero attached hydrogens (tertiary/aromatic N) is 1. The number of Topliss-reactive ketones (excluding diaryl/α,β-unsaturated/α-hetero) is 1. The molecule has 2 rings (SSSR count). The fourth-order valence-corrected chi connectivity index (χ4v) is 2.01. The van der Waals surface area contributed by atoms with Crippen molar-refractivity contribution in [3.63, 3.8) is 0 Å². The average Bonchev–Trinajstić information content (AvgIpc) is 2.64. The Kier molecular flexibility index (Phi) is 3.34. The van der Waals surface area contributed by atoms with E-state index in [1.807, 2.05) is 43.5 Å². The van der Waals surface area contributed by atoms with Gasteiger partial charge in [-0.25, -0.2) is 0 Å². The molecule has 0 radical (unpaired) electrons. The molecule has 0 saturated heterocycles. The van der Waals surface area contributed by atoms with Crippen LogP contribution >= 0.6 is 11.6 Å². The number of hydrogen-bond acceptors (Lipinski definition) is 1. The molecule has 0 bridgehead atoms. The maximum Gasteiger partial charge on any atom is 0.161 e. The SMILES string of the molecule is CC(=O)c1ccn(Cc2ccc(Cl)cc2)c1C. The highest BCUT2D eigenvalue weighted by Gasteiger charge is 2.08. The van der Waals surface area contributed by atoms with Crippen molar-refractivity contribution in [1.29, 1.82) is 0 Å². The molecule has 0 aliphatic rings. The smallest absolute Gasteiger partial charge is 0.161 e. The molecule has 3 heteroatoms. The number of hydrogen-bond donors (Lipinski definition) is 0. The third-order valence-corrected chi connectivity index (χ3v) is 3.14. The molecular weight excluding hydrogens is 234 g/mol. The van der Waals surface area contributed by atoms with Crippen LogP contribution in [0.25, 0.3) is 0 Å². The first-order valence-corrected chi connectivity index (χ1v) is 5.87. The van der Waals surface area contributed by atoms with E-state index in [1.165, 1.54) is 5.56 Å². The Labute approximate surface area is 106 Å². The zero-order valence-electron chi connectivity index (χ0n) is 9.90. The van der Waals surface area contributed by atoms with Gasteiger partial charge in [-0.2, -0.15) is 0 Å². The van der Waals surface area contributed by atoms with E-state index in [9.17, 15) is 4.79 Å². The van der Waals surface area contributed by atoms with E-state index in [1.54, 1.807) is 6.92 Å². The third kappa shape index (κ3) is 2.59. The second-order valence-electron chi connectivity index (χ2n) is 4.13. The molecule has 2 nitrogen and oxygen atoms in total. The normalized spacial score (nSPS) is 10.5. The Hall–Kier alpha value is -1.54. The lowest BCUT2D eigenvalue weighted by Crippen LogP contribution is -2.02. The van der Waals surface area contributed by atoms with E-state index in [4.69, 9.17) is 11.6 Å². The summed E-state index contributed by atoms with van der Waals surface area (Å²) < 4.78 is 2.07. The number of aromatic nitrogens is 1. The van der Waals surface area contributed by atoms with Crippen LogP contribution in [-0.4, -0.2) is 10.4 Å². The summed E-state index contributed by atoms with van der Waals surface area (Å²) in [4.78, 5) is 11.3. The van der Waals surface area contributed by atoms with Crippen molar-refractivity contribution in [2.24, 2.45) is 0 Å². The molecule has 0 atom stereocenters. The summed E-state index contributed by atoms with van der Waals surface area (Å²) in [5.74, 6) is 0.109. The Morgan fingerprint density at radius 1 is 1.24 bits per heavy atom. The molecule has 88 valence electrons. The van der Waals surface area contributed by atoms with Crippen LogP contribution < -0.4 is 0 Å². The van der Waals surface area contributed by atoms with Crippen LogP contribution in [0.15, 0.2) is 36.5 Å². The van der Waals surface area contributed by atoms with Crippen molar-refractivity contribution in [3.8, 4) is 0 Å². The van der Waals surface area contributed by atoms with Crippen molar-refractivity contribution < 1.29 is 4.79 Å². The van der Waals surface area contributed by atoms with Gasteiger partial charge in [-0.3, -0.25) is 4.79 Å². The lowest BCUT2D eigenvalue weighted by atomic mass is 10.2. The number of benzene rings is 1. The Morgan fingerprint density at radius 3 is 2.41 bits per heavy atom. The topological polar surface area (TPSA) is 22.0 Å². The van der Waals surface area contributed by atoms with Gasteiger partial charge in [0, 0.05) is 29.0 Å². The van der Waals surface area contributed by atoms with Crippen LogP contribution in [0.4, 0.5) is 0 Å². The second kappa shape index (κ2) is 4.76. The molecule has 2 aromatic rings. The van der Waals surface area contributed by atoms with Crippen molar-refractivity contribution in [2.45, 2.75) is 20.4 Å². The molecule has 0 unspecified atom stereocenters. The number of carbonyl (C=O) groups excluding carboxylic acids is 1. The van der Waals surface area contributed by atoms with Crippen molar-refractivity contribution in [3.05, 3.63) is 58.4 Å². The van der Waals surface area contributed by atoms with Crippen molar-refractivity contribution >= 4 is 17.4 Å². The monoisotopic (exact) mass is 247 g/mol. The first kappa shape index (κ1) is 11.9. The summed E-state index contributed by atoms with van der Waals surface area (Å²) in [5.41, 5.74) is 2.97. The molecule has 0 amide bonds. The molecule has 17 heavy (non-hydrogen) atoms. The number of ketones is 1. The lowest BCUT2D eigenvalue weighted by Gasteiger charge is -2.07. The van der Waals surface area contributed by atoms with Gasteiger partial charge >= 0.3 is 0 Å². The number of halogens is 1. The van der Waals surface area contributed by atoms with Gasteiger partial charge in [-0.1, -0.05) is 23.7 Å². The van der Waals surface area contributed by atoms with E-state index in [0.717, 1.165) is 22.8 Å². The van der Waals surface area contributed by atoms with Gasteiger partial charge in [0.1, 0.15) is 0 Å². The molecule has 0 aliphatic heterocycles. The largest absolute Gasteiger partial charge is 0.347 e. The van der Waals surface area contributed by atoms with Gasteiger partial charge < -0.3 is 4.57 Å². The predicted octanol–water partition coefficient (Wildman–Crippen LogP) is 3.70. The van der Waals surface area contributed by atoms with E-state index in [2.05, 4.69) is 4.57 Å². The summed E-state index contributed by atoms with van der Waals surface area (Å²) in [5, 5.41) is 0.738. The van der Waals surface area contributed by atoms with Crippen LogP contribution in [0.2, 0.25) is 5.02 Å². The maximum absolute atomic E-state index is 11.3. The van der Waals surface area contributed by atoms with Gasteiger partial charge in [0.15, 0.2) is 5.78 Å². The summed E-state index contributed by atoms with van der Waals surface area (Å²) >= 11 is 5.84. The average molecular weight is 248 g/mol. The van der Waals surface area contributed by atoms with Crippen LogP contribution in [0, 0.1) is 6.92 Å². The van der Waals surface area contributed by atoms with E-state index >= 15 is 0 Å². The van der Waals surface area contributed by atoms with Gasteiger partial charge in [-0.05, 0) is 37.6 Å². The van der Waals surface area contributed by atoms with Crippen molar-refractivity contribution in [2.75, 3.05) is 0 Å². The molecule has 0 aliphatic carbocycles. The van der Waals surface area contributed by atoms with E-state index < -0.39 is 0 Å². The molecule has 1 aromatic heterocycles. The first-order chi connectivity index (χ1) is 8.08. The first-order valence-electron chi connectivity index (χ1n) is 5.49. The Balaban J connectivity index is 2.24. The minimum Gasteiger partial charge on any atom is -0.347 e. The minimum atomic E-state index is 0.109. The third-order valence-electron chi connectivity index (χ3n) is 2.89. The molecule has 1 aromatic carbocycles. The standard InChI is InChI=1S/C14H14ClNO/c1-10-14(11(2)17)7-8-16(10)9-12-3-5-13(15)6-4-12/h3-8H,9H2,1-2H3. The molecule has 0 N–H and O–H groups in total. The minimum absolute atomic E-state index is 0.109. The summed E-state index contributed by atoms with van der Waals surface area (Å²) in [6, 6.07) is 9.61. The quantitative estimate of drug-likeness (QED) is 0.758. The molecule has 1 heterocycles. The Bertz CT molecular complexity index is 540. The fourth-order valence-electron chi connectivity index (χ4n) is 1.88. The highest BCUT2D eigenvalue weighted by Crippen LogP contribution is 2.15.